The summed E-state index contributed by atoms with van der Waals surface area (Å²) in [4.78, 5) is 4.77. The fraction of sp³-hybridized carbons (Fsp3) is 0.412. The molecule has 114 valence electrons. The number of aromatic nitrogens is 3. The summed E-state index contributed by atoms with van der Waals surface area (Å²) in [6.07, 6.45) is 2.52. The van der Waals surface area contributed by atoms with Crippen LogP contribution in [-0.4, -0.2) is 33.4 Å². The number of anilines is 1. The minimum Gasteiger partial charge on any atom is -0.376 e. The average Bonchev–Trinajstić information content (AvgIpc) is 3.16. The van der Waals surface area contributed by atoms with Gasteiger partial charge in [0, 0.05) is 18.1 Å². The molecule has 0 aliphatic carbocycles. The fourth-order valence-electron chi connectivity index (χ4n) is 3.19. The molecule has 4 rings (SSSR count). The lowest BCUT2D eigenvalue weighted by Crippen LogP contribution is -2.30. The number of hydrogen-bond donors (Lipinski definition) is 1. The molecule has 0 bridgehead atoms. The first-order valence-corrected chi connectivity index (χ1v) is 7.85. The summed E-state index contributed by atoms with van der Waals surface area (Å²) < 4.78 is 7.69. The van der Waals surface area contributed by atoms with Gasteiger partial charge in [0.15, 0.2) is 5.65 Å². The Hall–Kier alpha value is -2.14. The zero-order valence-electron chi connectivity index (χ0n) is 12.9. The largest absolute Gasteiger partial charge is 0.376 e. The standard InChI is InChI=1S/C17H20N4O/c1-11-10-16-19-17(18-12(2)15-8-5-9-22-15)13-6-3-4-7-14(13)21(16)20-11/h3-4,6-7,10,12,15H,5,8-9H2,1-2H3,(H,18,19)/t12-,15+/m0/s1. The Morgan fingerprint density at radius 2 is 2.23 bits per heavy atom. The molecule has 0 spiro atoms. The molecular formula is C17H20N4O. The molecule has 5 heteroatoms. The maximum Gasteiger partial charge on any atom is 0.158 e. The molecule has 5 nitrogen and oxygen atoms in total. The van der Waals surface area contributed by atoms with Gasteiger partial charge in [-0.3, -0.25) is 0 Å². The maximum atomic E-state index is 5.78. The van der Waals surface area contributed by atoms with Gasteiger partial charge in [-0.1, -0.05) is 12.1 Å². The molecule has 1 aliphatic rings. The molecule has 1 N–H and O–H groups in total. The zero-order chi connectivity index (χ0) is 15.1. The highest BCUT2D eigenvalue weighted by Crippen LogP contribution is 2.25. The molecule has 3 heterocycles. The normalized spacial score (nSPS) is 19.8. The third kappa shape index (κ3) is 2.22. The molecule has 0 amide bonds. The third-order valence-electron chi connectivity index (χ3n) is 4.31. The smallest absolute Gasteiger partial charge is 0.158 e. The summed E-state index contributed by atoms with van der Waals surface area (Å²) in [5, 5.41) is 9.18. The van der Waals surface area contributed by atoms with Crippen LogP contribution < -0.4 is 5.32 Å². The summed E-state index contributed by atoms with van der Waals surface area (Å²) in [6.45, 7) is 5.02. The molecule has 2 aromatic heterocycles. The minimum atomic E-state index is 0.241. The molecule has 1 aromatic carbocycles. The number of benzene rings is 1. The minimum absolute atomic E-state index is 0.241. The summed E-state index contributed by atoms with van der Waals surface area (Å²) in [5.41, 5.74) is 2.92. The van der Waals surface area contributed by atoms with Gasteiger partial charge < -0.3 is 10.1 Å². The predicted molar refractivity (Wildman–Crippen MR) is 87.3 cm³/mol. The Bertz CT molecular complexity index is 820. The van der Waals surface area contributed by atoms with E-state index in [1.165, 1.54) is 0 Å². The molecule has 0 unspecified atom stereocenters. The van der Waals surface area contributed by atoms with Crippen LogP contribution in [-0.2, 0) is 4.74 Å². The third-order valence-corrected chi connectivity index (χ3v) is 4.31. The van der Waals surface area contributed by atoms with E-state index in [0.29, 0.717) is 0 Å². The molecule has 0 saturated carbocycles. The first-order valence-electron chi connectivity index (χ1n) is 7.85. The highest BCUT2D eigenvalue weighted by atomic mass is 16.5. The van der Waals surface area contributed by atoms with E-state index >= 15 is 0 Å². The van der Waals surface area contributed by atoms with E-state index in [2.05, 4.69) is 29.5 Å². The topological polar surface area (TPSA) is 51.5 Å². The van der Waals surface area contributed by atoms with Crippen LogP contribution in [0.4, 0.5) is 5.82 Å². The highest BCUT2D eigenvalue weighted by Gasteiger charge is 2.23. The second kappa shape index (κ2) is 5.25. The second-order valence-corrected chi connectivity index (χ2v) is 6.02. The van der Waals surface area contributed by atoms with E-state index in [1.54, 1.807) is 0 Å². The lowest BCUT2D eigenvalue weighted by molar-refractivity contribution is 0.0996. The van der Waals surface area contributed by atoms with Gasteiger partial charge in [-0.2, -0.15) is 5.10 Å². The van der Waals surface area contributed by atoms with Crippen molar-refractivity contribution in [1.82, 2.24) is 14.6 Å². The van der Waals surface area contributed by atoms with E-state index in [4.69, 9.17) is 9.72 Å². The van der Waals surface area contributed by atoms with E-state index < -0.39 is 0 Å². The van der Waals surface area contributed by atoms with Crippen LogP contribution >= 0.6 is 0 Å². The van der Waals surface area contributed by atoms with Crippen molar-refractivity contribution >= 4 is 22.4 Å². The summed E-state index contributed by atoms with van der Waals surface area (Å²) in [5.74, 6) is 0.908. The maximum absolute atomic E-state index is 5.78. The quantitative estimate of drug-likeness (QED) is 0.806. The highest BCUT2D eigenvalue weighted by molar-refractivity contribution is 5.91. The first-order chi connectivity index (χ1) is 10.7. The van der Waals surface area contributed by atoms with Crippen LogP contribution in [0.5, 0.6) is 0 Å². The van der Waals surface area contributed by atoms with Gasteiger partial charge in [0.05, 0.1) is 23.4 Å². The number of ether oxygens (including phenoxy) is 1. The average molecular weight is 296 g/mol. The van der Waals surface area contributed by atoms with Gasteiger partial charge in [-0.05, 0) is 38.8 Å². The predicted octanol–water partition coefficient (Wildman–Crippen LogP) is 3.17. The van der Waals surface area contributed by atoms with E-state index in [0.717, 1.165) is 47.5 Å². The number of aryl methyl sites for hydroxylation is 1. The SMILES string of the molecule is Cc1cc2nc(N[C@@H](C)[C@H]3CCCO3)c3ccccc3n2n1. The number of nitrogens with zero attached hydrogens (tertiary/aromatic N) is 3. The molecule has 2 atom stereocenters. The fourth-order valence-corrected chi connectivity index (χ4v) is 3.19. The molecule has 22 heavy (non-hydrogen) atoms. The van der Waals surface area contributed by atoms with Gasteiger partial charge in [-0.15, -0.1) is 0 Å². The van der Waals surface area contributed by atoms with Crippen molar-refractivity contribution < 1.29 is 4.74 Å². The number of nitrogens with one attached hydrogen (secondary N) is 1. The van der Waals surface area contributed by atoms with Crippen LogP contribution in [0.3, 0.4) is 0 Å². The zero-order valence-corrected chi connectivity index (χ0v) is 12.9. The number of hydrogen-bond acceptors (Lipinski definition) is 4. The van der Waals surface area contributed by atoms with Crippen LogP contribution in [0.1, 0.15) is 25.5 Å². The van der Waals surface area contributed by atoms with E-state index in [-0.39, 0.29) is 12.1 Å². The Morgan fingerprint density at radius 1 is 1.36 bits per heavy atom. The van der Waals surface area contributed by atoms with E-state index in [9.17, 15) is 0 Å². The second-order valence-electron chi connectivity index (χ2n) is 6.02. The monoisotopic (exact) mass is 296 g/mol. The first kappa shape index (κ1) is 13.5. The summed E-state index contributed by atoms with van der Waals surface area (Å²) in [7, 11) is 0. The number of fused-ring (bicyclic) bond motifs is 3. The van der Waals surface area contributed by atoms with Gasteiger partial charge in [-0.25, -0.2) is 9.50 Å². The molecule has 1 aliphatic heterocycles. The Labute approximate surface area is 129 Å². The van der Waals surface area contributed by atoms with Gasteiger partial charge >= 0.3 is 0 Å². The van der Waals surface area contributed by atoms with Gasteiger partial charge in [0.2, 0.25) is 0 Å². The van der Waals surface area contributed by atoms with Crippen molar-refractivity contribution in [3.05, 3.63) is 36.0 Å². The van der Waals surface area contributed by atoms with Crippen LogP contribution in [0.25, 0.3) is 16.6 Å². The molecule has 1 fully saturated rings. The Balaban J connectivity index is 1.80. The summed E-state index contributed by atoms with van der Waals surface area (Å²) >= 11 is 0. The molecule has 3 aromatic rings. The molecule has 1 saturated heterocycles. The van der Waals surface area contributed by atoms with Crippen molar-refractivity contribution in [2.24, 2.45) is 0 Å². The van der Waals surface area contributed by atoms with Crippen LogP contribution in [0.15, 0.2) is 30.3 Å². The van der Waals surface area contributed by atoms with Crippen molar-refractivity contribution in [1.29, 1.82) is 0 Å². The Kier molecular flexibility index (Phi) is 3.22. The van der Waals surface area contributed by atoms with Crippen molar-refractivity contribution in [3.63, 3.8) is 0 Å². The van der Waals surface area contributed by atoms with Crippen molar-refractivity contribution in [2.75, 3.05) is 11.9 Å². The van der Waals surface area contributed by atoms with Crippen LogP contribution in [0.2, 0.25) is 0 Å². The Morgan fingerprint density at radius 3 is 3.05 bits per heavy atom. The summed E-state index contributed by atoms with van der Waals surface area (Å²) in [6, 6.07) is 10.5. The van der Waals surface area contributed by atoms with Gasteiger partial charge in [0.1, 0.15) is 5.82 Å². The molecule has 0 radical (unpaired) electrons. The lowest BCUT2D eigenvalue weighted by atomic mass is 10.1. The lowest BCUT2D eigenvalue weighted by Gasteiger charge is -2.21. The van der Waals surface area contributed by atoms with Crippen molar-refractivity contribution in [2.45, 2.75) is 38.8 Å². The number of rotatable bonds is 3. The van der Waals surface area contributed by atoms with Gasteiger partial charge in [0.25, 0.3) is 0 Å². The number of para-hydroxylation sites is 1. The van der Waals surface area contributed by atoms with Crippen LogP contribution in [0, 0.1) is 6.92 Å². The van der Waals surface area contributed by atoms with E-state index in [1.807, 2.05) is 29.6 Å². The van der Waals surface area contributed by atoms with Crippen molar-refractivity contribution in [3.8, 4) is 0 Å². The molecular weight excluding hydrogens is 276 g/mol.